The van der Waals surface area contributed by atoms with E-state index in [1.807, 2.05) is 0 Å². The van der Waals surface area contributed by atoms with E-state index in [0.717, 1.165) is 18.6 Å². The van der Waals surface area contributed by atoms with Crippen molar-refractivity contribution in [3.05, 3.63) is 0 Å². The molecular formula is C9H18O4S. The summed E-state index contributed by atoms with van der Waals surface area (Å²) in [5.41, 5.74) is -0.360. The highest BCUT2D eigenvalue weighted by molar-refractivity contribution is 7.99. The molecule has 0 spiro atoms. The number of hydrogen-bond donors (Lipinski definition) is 2. The molecule has 4 nitrogen and oxygen atoms in total. The molecule has 1 heterocycles. The summed E-state index contributed by atoms with van der Waals surface area (Å²) >= 11 is 1.53. The molecule has 0 amide bonds. The lowest BCUT2D eigenvalue weighted by atomic mass is 10.2. The Bertz CT molecular complexity index is 167. The van der Waals surface area contributed by atoms with Crippen LogP contribution in [-0.4, -0.2) is 47.0 Å². The lowest BCUT2D eigenvalue weighted by Crippen LogP contribution is -2.32. The molecule has 0 aromatic heterocycles. The van der Waals surface area contributed by atoms with E-state index in [1.165, 1.54) is 18.9 Å². The van der Waals surface area contributed by atoms with E-state index in [4.69, 9.17) is 9.47 Å². The summed E-state index contributed by atoms with van der Waals surface area (Å²) in [6.45, 7) is 2.11. The van der Waals surface area contributed by atoms with Crippen molar-refractivity contribution in [2.45, 2.75) is 43.7 Å². The van der Waals surface area contributed by atoms with Crippen LogP contribution in [0.15, 0.2) is 0 Å². The molecule has 0 aromatic rings. The highest BCUT2D eigenvalue weighted by Crippen LogP contribution is 2.29. The van der Waals surface area contributed by atoms with Gasteiger partial charge in [-0.3, -0.25) is 0 Å². The van der Waals surface area contributed by atoms with Gasteiger partial charge in [0.25, 0.3) is 0 Å². The molecule has 1 aliphatic rings. The van der Waals surface area contributed by atoms with Gasteiger partial charge >= 0.3 is 0 Å². The van der Waals surface area contributed by atoms with Crippen LogP contribution in [0.3, 0.4) is 0 Å². The van der Waals surface area contributed by atoms with Gasteiger partial charge in [0.2, 0.25) is 0 Å². The first-order valence-electron chi connectivity index (χ1n) is 4.86. The molecule has 4 atom stereocenters. The van der Waals surface area contributed by atoms with E-state index in [2.05, 4.69) is 6.92 Å². The van der Waals surface area contributed by atoms with Gasteiger partial charge in [0.15, 0.2) is 6.29 Å². The number of unbranched alkanes of at least 4 members (excludes halogenated alkanes) is 1. The van der Waals surface area contributed by atoms with Crippen molar-refractivity contribution in [1.29, 1.82) is 0 Å². The number of rotatable bonds is 5. The number of ether oxygens (including phenoxy) is 2. The van der Waals surface area contributed by atoms with Gasteiger partial charge in [-0.25, -0.2) is 0 Å². The van der Waals surface area contributed by atoms with E-state index in [-0.39, 0.29) is 5.44 Å². The Morgan fingerprint density at radius 1 is 1.36 bits per heavy atom. The number of aliphatic hydroxyl groups excluding tert-OH is 2. The summed E-state index contributed by atoms with van der Waals surface area (Å²) < 4.78 is 10.2. The summed E-state index contributed by atoms with van der Waals surface area (Å²) in [5.74, 6) is 0.932. The first kappa shape index (κ1) is 12.3. The molecule has 1 rings (SSSR count). The van der Waals surface area contributed by atoms with Crippen molar-refractivity contribution in [2.75, 3.05) is 12.9 Å². The van der Waals surface area contributed by atoms with Gasteiger partial charge in [-0.05, 0) is 12.2 Å². The van der Waals surface area contributed by atoms with Crippen LogP contribution in [0.1, 0.15) is 19.8 Å². The Balaban J connectivity index is 2.32. The number of aliphatic hydroxyl groups is 2. The zero-order chi connectivity index (χ0) is 10.6. The molecule has 0 radical (unpaired) electrons. The van der Waals surface area contributed by atoms with Crippen molar-refractivity contribution in [2.24, 2.45) is 0 Å². The summed E-state index contributed by atoms with van der Waals surface area (Å²) in [7, 11) is 1.46. The average Bonchev–Trinajstić information content (AvgIpc) is 2.46. The lowest BCUT2D eigenvalue weighted by molar-refractivity contribution is -0.138. The van der Waals surface area contributed by atoms with Crippen molar-refractivity contribution in [3.8, 4) is 0 Å². The Hall–Kier alpha value is 0.190. The lowest BCUT2D eigenvalue weighted by Gasteiger charge is -2.12. The normalized spacial score (nSPS) is 37.7. The molecule has 84 valence electrons. The Morgan fingerprint density at radius 3 is 2.57 bits per heavy atom. The number of methoxy groups -OCH3 is 1. The maximum Gasteiger partial charge on any atom is 0.187 e. The van der Waals surface area contributed by atoms with Crippen LogP contribution < -0.4 is 0 Å². The first-order valence-corrected chi connectivity index (χ1v) is 5.91. The Morgan fingerprint density at radius 2 is 2.07 bits per heavy atom. The van der Waals surface area contributed by atoms with Gasteiger partial charge in [0.1, 0.15) is 17.6 Å². The number of hydrogen-bond acceptors (Lipinski definition) is 5. The molecule has 5 heteroatoms. The topological polar surface area (TPSA) is 58.9 Å². The van der Waals surface area contributed by atoms with Gasteiger partial charge in [-0.2, -0.15) is 0 Å². The van der Waals surface area contributed by atoms with Crippen LogP contribution in [0, 0.1) is 0 Å². The molecule has 0 aromatic carbocycles. The van der Waals surface area contributed by atoms with Gasteiger partial charge in [-0.1, -0.05) is 13.3 Å². The highest BCUT2D eigenvalue weighted by Gasteiger charge is 2.42. The van der Waals surface area contributed by atoms with Crippen LogP contribution >= 0.6 is 11.8 Å². The monoisotopic (exact) mass is 222 g/mol. The third-order valence-electron chi connectivity index (χ3n) is 2.19. The predicted octanol–water partition coefficient (Wildman–Crippen LogP) is 0.570. The fourth-order valence-corrected chi connectivity index (χ4v) is 2.53. The number of thioether (sulfide) groups is 1. The van der Waals surface area contributed by atoms with Crippen molar-refractivity contribution in [3.63, 3.8) is 0 Å². The minimum Gasteiger partial charge on any atom is -0.387 e. The second kappa shape index (κ2) is 5.92. The van der Waals surface area contributed by atoms with E-state index in [9.17, 15) is 10.2 Å². The SMILES string of the molecule is CCCCSC1O[C@@H](OC)[C@@H](O)[C@@H]1O. The summed E-state index contributed by atoms with van der Waals surface area (Å²) in [4.78, 5) is 0. The van der Waals surface area contributed by atoms with Gasteiger partial charge < -0.3 is 19.7 Å². The van der Waals surface area contributed by atoms with Crippen LogP contribution in [0.5, 0.6) is 0 Å². The smallest absolute Gasteiger partial charge is 0.187 e. The van der Waals surface area contributed by atoms with Gasteiger partial charge in [-0.15, -0.1) is 11.8 Å². The average molecular weight is 222 g/mol. The standard InChI is InChI=1S/C9H18O4S/c1-3-4-5-14-9-7(11)6(10)8(12-2)13-9/h6-11H,3-5H2,1-2H3/t6-,7-,8+,9?/m0/s1. The molecule has 0 saturated carbocycles. The van der Waals surface area contributed by atoms with Crippen LogP contribution in [-0.2, 0) is 9.47 Å². The molecule has 0 aliphatic carbocycles. The van der Waals surface area contributed by atoms with E-state index in [0.29, 0.717) is 0 Å². The Kier molecular flexibility index (Phi) is 5.19. The predicted molar refractivity (Wildman–Crippen MR) is 55.0 cm³/mol. The largest absolute Gasteiger partial charge is 0.387 e. The molecule has 2 N–H and O–H groups in total. The summed E-state index contributed by atoms with van der Waals surface area (Å²) in [5, 5.41) is 19.1. The van der Waals surface area contributed by atoms with Gasteiger partial charge in [0, 0.05) is 7.11 Å². The summed E-state index contributed by atoms with van der Waals surface area (Å²) in [6, 6.07) is 0. The fraction of sp³-hybridized carbons (Fsp3) is 1.00. The van der Waals surface area contributed by atoms with Crippen molar-refractivity contribution >= 4 is 11.8 Å². The first-order chi connectivity index (χ1) is 6.70. The molecule has 14 heavy (non-hydrogen) atoms. The zero-order valence-electron chi connectivity index (χ0n) is 8.55. The van der Waals surface area contributed by atoms with E-state index in [1.54, 1.807) is 0 Å². The zero-order valence-corrected chi connectivity index (χ0v) is 9.37. The minimum atomic E-state index is -0.931. The molecule has 1 aliphatic heterocycles. The molecule has 0 bridgehead atoms. The van der Waals surface area contributed by atoms with E-state index < -0.39 is 18.5 Å². The van der Waals surface area contributed by atoms with Crippen LogP contribution in [0.25, 0.3) is 0 Å². The van der Waals surface area contributed by atoms with Crippen molar-refractivity contribution in [1.82, 2.24) is 0 Å². The quantitative estimate of drug-likeness (QED) is 0.666. The molecule has 1 unspecified atom stereocenters. The third kappa shape index (κ3) is 2.84. The van der Waals surface area contributed by atoms with Crippen LogP contribution in [0.2, 0.25) is 0 Å². The second-order valence-electron chi connectivity index (χ2n) is 3.31. The molecule has 1 fully saturated rings. The van der Waals surface area contributed by atoms with Crippen LogP contribution in [0.4, 0.5) is 0 Å². The molecule has 1 saturated heterocycles. The third-order valence-corrected chi connectivity index (χ3v) is 3.43. The Labute approximate surface area is 88.6 Å². The highest BCUT2D eigenvalue weighted by atomic mass is 32.2. The summed E-state index contributed by atoms with van der Waals surface area (Å²) in [6.07, 6.45) is -0.262. The van der Waals surface area contributed by atoms with E-state index >= 15 is 0 Å². The molecular weight excluding hydrogens is 204 g/mol. The minimum absolute atomic E-state index is 0.360. The maximum absolute atomic E-state index is 9.58. The van der Waals surface area contributed by atoms with Gasteiger partial charge in [0.05, 0.1) is 0 Å². The fourth-order valence-electron chi connectivity index (χ4n) is 1.29. The maximum atomic E-state index is 9.58. The van der Waals surface area contributed by atoms with Crippen molar-refractivity contribution < 1.29 is 19.7 Å². The second-order valence-corrected chi connectivity index (χ2v) is 4.52.